The highest BCUT2D eigenvalue weighted by atomic mass is 14.4. The fraction of sp³-hybridized carbons (Fsp3) is 1.00. The zero-order valence-corrected chi connectivity index (χ0v) is 12.1. The standard InChI is InChI=1S/C15H32/c1-8-11-12(4)14(6)15(7,10-3)13(5)9-2/h12-14H,8-11H2,1-7H3. The summed E-state index contributed by atoms with van der Waals surface area (Å²) in [5.41, 5.74) is 0.531. The summed E-state index contributed by atoms with van der Waals surface area (Å²) < 4.78 is 0. The first-order valence-electron chi connectivity index (χ1n) is 6.93. The molecule has 0 amide bonds. The Bertz CT molecular complexity index is 161. The van der Waals surface area contributed by atoms with Gasteiger partial charge in [0.25, 0.3) is 0 Å². The lowest BCUT2D eigenvalue weighted by Gasteiger charge is -2.43. The topological polar surface area (TPSA) is 0 Å². The Morgan fingerprint density at radius 1 is 1.00 bits per heavy atom. The van der Waals surface area contributed by atoms with E-state index in [1.165, 1.54) is 25.7 Å². The van der Waals surface area contributed by atoms with Gasteiger partial charge in [-0.1, -0.05) is 74.1 Å². The van der Waals surface area contributed by atoms with E-state index < -0.39 is 0 Å². The summed E-state index contributed by atoms with van der Waals surface area (Å²) in [5.74, 6) is 2.56. The van der Waals surface area contributed by atoms with Crippen LogP contribution in [0.15, 0.2) is 0 Å². The van der Waals surface area contributed by atoms with Gasteiger partial charge in [0.05, 0.1) is 0 Å². The lowest BCUT2D eigenvalue weighted by Crippen LogP contribution is -2.35. The van der Waals surface area contributed by atoms with Crippen LogP contribution in [0.5, 0.6) is 0 Å². The molecule has 0 radical (unpaired) electrons. The molecule has 0 aliphatic heterocycles. The van der Waals surface area contributed by atoms with Crippen LogP contribution in [0.25, 0.3) is 0 Å². The molecule has 0 N–H and O–H groups in total. The van der Waals surface area contributed by atoms with Crippen molar-refractivity contribution in [2.75, 3.05) is 0 Å². The van der Waals surface area contributed by atoms with Crippen LogP contribution >= 0.6 is 0 Å². The largest absolute Gasteiger partial charge is 0.0654 e. The van der Waals surface area contributed by atoms with Crippen molar-refractivity contribution in [3.8, 4) is 0 Å². The van der Waals surface area contributed by atoms with E-state index in [1.54, 1.807) is 0 Å². The molecular weight excluding hydrogens is 180 g/mol. The van der Waals surface area contributed by atoms with Crippen molar-refractivity contribution in [3.05, 3.63) is 0 Å². The van der Waals surface area contributed by atoms with Gasteiger partial charge in [-0.3, -0.25) is 0 Å². The summed E-state index contributed by atoms with van der Waals surface area (Å²) in [6.07, 6.45) is 5.34. The molecule has 15 heavy (non-hydrogen) atoms. The van der Waals surface area contributed by atoms with E-state index in [9.17, 15) is 0 Å². The van der Waals surface area contributed by atoms with Crippen molar-refractivity contribution in [2.45, 2.75) is 74.1 Å². The minimum Gasteiger partial charge on any atom is -0.0654 e. The van der Waals surface area contributed by atoms with Crippen molar-refractivity contribution >= 4 is 0 Å². The Morgan fingerprint density at radius 3 is 1.87 bits per heavy atom. The molecule has 0 saturated carbocycles. The first-order valence-corrected chi connectivity index (χ1v) is 6.93. The fourth-order valence-corrected chi connectivity index (χ4v) is 2.94. The molecule has 0 bridgehead atoms. The van der Waals surface area contributed by atoms with E-state index in [1.807, 2.05) is 0 Å². The minimum atomic E-state index is 0.531. The molecule has 0 rings (SSSR count). The van der Waals surface area contributed by atoms with E-state index in [4.69, 9.17) is 0 Å². The van der Waals surface area contributed by atoms with E-state index in [-0.39, 0.29) is 0 Å². The molecule has 0 heterocycles. The highest BCUT2D eigenvalue weighted by Gasteiger charge is 2.36. The molecule has 4 unspecified atom stereocenters. The van der Waals surface area contributed by atoms with Crippen LogP contribution in [0, 0.1) is 23.2 Å². The van der Waals surface area contributed by atoms with Gasteiger partial charge in [-0.15, -0.1) is 0 Å². The van der Waals surface area contributed by atoms with Gasteiger partial charge in [0.1, 0.15) is 0 Å². The second-order valence-corrected chi connectivity index (χ2v) is 5.72. The van der Waals surface area contributed by atoms with Crippen LogP contribution in [0.1, 0.15) is 74.1 Å². The van der Waals surface area contributed by atoms with Crippen molar-refractivity contribution < 1.29 is 0 Å². The van der Waals surface area contributed by atoms with E-state index in [0.717, 1.165) is 17.8 Å². The number of hydrogen-bond acceptors (Lipinski definition) is 0. The lowest BCUT2D eigenvalue weighted by molar-refractivity contribution is 0.0638. The average molecular weight is 212 g/mol. The van der Waals surface area contributed by atoms with E-state index in [0.29, 0.717) is 5.41 Å². The van der Waals surface area contributed by atoms with Gasteiger partial charge in [0.2, 0.25) is 0 Å². The molecule has 0 heteroatoms. The number of rotatable bonds is 7. The summed E-state index contributed by atoms with van der Waals surface area (Å²) >= 11 is 0. The Kier molecular flexibility index (Phi) is 6.55. The third-order valence-electron chi connectivity index (χ3n) is 5.14. The van der Waals surface area contributed by atoms with Crippen molar-refractivity contribution in [2.24, 2.45) is 23.2 Å². The van der Waals surface area contributed by atoms with Crippen molar-refractivity contribution in [3.63, 3.8) is 0 Å². The summed E-state index contributed by atoms with van der Waals surface area (Å²) in [7, 11) is 0. The summed E-state index contributed by atoms with van der Waals surface area (Å²) in [4.78, 5) is 0. The van der Waals surface area contributed by atoms with Gasteiger partial charge in [0, 0.05) is 0 Å². The fourth-order valence-electron chi connectivity index (χ4n) is 2.94. The maximum absolute atomic E-state index is 2.50. The zero-order chi connectivity index (χ0) is 12.1. The molecule has 0 aromatic rings. The van der Waals surface area contributed by atoms with E-state index >= 15 is 0 Å². The third kappa shape index (κ3) is 3.50. The van der Waals surface area contributed by atoms with Gasteiger partial charge < -0.3 is 0 Å². The van der Waals surface area contributed by atoms with Crippen LogP contribution in [-0.4, -0.2) is 0 Å². The predicted molar refractivity (Wildman–Crippen MR) is 71.1 cm³/mol. The Balaban J connectivity index is 4.63. The highest BCUT2D eigenvalue weighted by molar-refractivity contribution is 4.85. The molecular formula is C15H32. The minimum absolute atomic E-state index is 0.531. The van der Waals surface area contributed by atoms with Gasteiger partial charge in [-0.25, -0.2) is 0 Å². The van der Waals surface area contributed by atoms with Gasteiger partial charge in [-0.2, -0.15) is 0 Å². The molecule has 0 spiro atoms. The smallest absolute Gasteiger partial charge is 0.0275 e. The zero-order valence-electron chi connectivity index (χ0n) is 12.1. The van der Waals surface area contributed by atoms with Crippen LogP contribution < -0.4 is 0 Å². The van der Waals surface area contributed by atoms with Crippen LogP contribution in [0.2, 0.25) is 0 Å². The normalized spacial score (nSPS) is 21.8. The number of hydrogen-bond donors (Lipinski definition) is 0. The Labute approximate surface area is 97.8 Å². The van der Waals surface area contributed by atoms with Crippen molar-refractivity contribution in [1.82, 2.24) is 0 Å². The molecule has 0 fully saturated rings. The SMILES string of the molecule is CCCC(C)C(C)C(C)(CC)C(C)CC. The van der Waals surface area contributed by atoms with Crippen LogP contribution in [0.4, 0.5) is 0 Å². The third-order valence-corrected chi connectivity index (χ3v) is 5.14. The Morgan fingerprint density at radius 2 is 1.53 bits per heavy atom. The molecule has 0 aromatic carbocycles. The summed E-state index contributed by atoms with van der Waals surface area (Å²) in [5, 5.41) is 0. The van der Waals surface area contributed by atoms with Gasteiger partial charge in [-0.05, 0) is 23.2 Å². The predicted octanol–water partition coefficient (Wildman–Crippen LogP) is 5.52. The summed E-state index contributed by atoms with van der Waals surface area (Å²) in [6, 6.07) is 0. The molecule has 0 aromatic heterocycles. The Hall–Kier alpha value is 0. The second kappa shape index (κ2) is 6.55. The van der Waals surface area contributed by atoms with Crippen LogP contribution in [-0.2, 0) is 0 Å². The first kappa shape index (κ1) is 15.0. The maximum Gasteiger partial charge on any atom is -0.0275 e. The average Bonchev–Trinajstić information content (AvgIpc) is 2.26. The molecule has 4 atom stereocenters. The van der Waals surface area contributed by atoms with E-state index in [2.05, 4.69) is 48.5 Å². The summed E-state index contributed by atoms with van der Waals surface area (Å²) in [6.45, 7) is 16.8. The van der Waals surface area contributed by atoms with Crippen molar-refractivity contribution in [1.29, 1.82) is 0 Å². The molecule has 0 aliphatic carbocycles. The molecule has 0 aliphatic rings. The maximum atomic E-state index is 2.50. The quantitative estimate of drug-likeness (QED) is 0.521. The van der Waals surface area contributed by atoms with Gasteiger partial charge in [0.15, 0.2) is 0 Å². The second-order valence-electron chi connectivity index (χ2n) is 5.72. The monoisotopic (exact) mass is 212 g/mol. The van der Waals surface area contributed by atoms with Gasteiger partial charge >= 0.3 is 0 Å². The molecule has 0 nitrogen and oxygen atoms in total. The first-order chi connectivity index (χ1) is 6.93. The molecule has 0 saturated heterocycles. The lowest BCUT2D eigenvalue weighted by atomic mass is 9.62. The highest BCUT2D eigenvalue weighted by Crippen LogP contribution is 2.44. The van der Waals surface area contributed by atoms with Crippen LogP contribution in [0.3, 0.4) is 0 Å². The molecule has 92 valence electrons.